The number of fused-ring (bicyclic) bond motifs is 1. The first-order valence-corrected chi connectivity index (χ1v) is 7.96. The number of para-hydroxylation sites is 1. The lowest BCUT2D eigenvalue weighted by molar-refractivity contribution is -0.130. The van der Waals surface area contributed by atoms with E-state index in [2.05, 4.69) is 4.90 Å². The molecule has 2 N–H and O–H groups in total. The number of hydrogen-bond acceptors (Lipinski definition) is 4. The van der Waals surface area contributed by atoms with Crippen LogP contribution >= 0.6 is 0 Å². The van der Waals surface area contributed by atoms with Crippen molar-refractivity contribution in [3.63, 3.8) is 0 Å². The number of likely N-dealkylation sites (tertiary alicyclic amines) is 1. The van der Waals surface area contributed by atoms with Crippen molar-refractivity contribution in [1.29, 1.82) is 0 Å². The summed E-state index contributed by atoms with van der Waals surface area (Å²) in [5.74, 6) is 0.100. The fourth-order valence-corrected chi connectivity index (χ4v) is 3.16. The molecule has 0 unspecified atom stereocenters. The highest BCUT2D eigenvalue weighted by Crippen LogP contribution is 2.30. The number of aliphatic hydroxyl groups is 2. The molecule has 4 rings (SSSR count). The molecule has 0 saturated carbocycles. The topological polar surface area (TPSA) is 56.8 Å². The fraction of sp³-hybridized carbons (Fsp3) is 0.263. The van der Waals surface area contributed by atoms with Crippen LogP contribution < -0.4 is 0 Å². The second kappa shape index (κ2) is 6.02. The number of nitrogens with zero attached hydrogens (tertiary/aromatic N) is 1. The third-order valence-corrected chi connectivity index (χ3v) is 4.54. The van der Waals surface area contributed by atoms with Crippen molar-refractivity contribution in [1.82, 2.24) is 4.90 Å². The highest BCUT2D eigenvalue weighted by molar-refractivity contribution is 5.82. The van der Waals surface area contributed by atoms with Crippen LogP contribution in [0.5, 0.6) is 0 Å². The molecule has 2 heterocycles. The van der Waals surface area contributed by atoms with Gasteiger partial charge >= 0.3 is 0 Å². The van der Waals surface area contributed by atoms with Crippen molar-refractivity contribution in [2.45, 2.75) is 12.8 Å². The van der Waals surface area contributed by atoms with Gasteiger partial charge in [-0.2, -0.15) is 0 Å². The second-order valence-electron chi connectivity index (χ2n) is 6.33. The Bertz CT molecular complexity index is 835. The van der Waals surface area contributed by atoms with Crippen LogP contribution in [-0.4, -0.2) is 34.5 Å². The number of rotatable bonds is 4. The predicted octanol–water partition coefficient (Wildman–Crippen LogP) is 2.98. The highest BCUT2D eigenvalue weighted by Gasteiger charge is 2.31. The highest BCUT2D eigenvalue weighted by atomic mass is 19.1. The molecule has 0 radical (unpaired) electrons. The van der Waals surface area contributed by atoms with Crippen LogP contribution in [0.1, 0.15) is 5.56 Å². The van der Waals surface area contributed by atoms with E-state index >= 15 is 0 Å². The van der Waals surface area contributed by atoms with E-state index in [1.165, 1.54) is 6.07 Å². The molecule has 1 fully saturated rings. The quantitative estimate of drug-likeness (QED) is 0.723. The van der Waals surface area contributed by atoms with Crippen molar-refractivity contribution < 1.29 is 19.0 Å². The fourth-order valence-electron chi connectivity index (χ4n) is 3.16. The summed E-state index contributed by atoms with van der Waals surface area (Å²) >= 11 is 0. The van der Waals surface area contributed by atoms with Gasteiger partial charge in [-0.25, -0.2) is 4.39 Å². The maximum absolute atomic E-state index is 14.5. The standard InChI is InChI=1S/C19H18FNO3/c20-16-7-12(9-21-10-14(11-21)19(22)23)5-6-15(16)18-8-13-3-1-2-4-17(13)24-18/h1-8,14,19,22-23H,9-11H2. The van der Waals surface area contributed by atoms with Gasteiger partial charge in [0.15, 0.2) is 6.29 Å². The largest absolute Gasteiger partial charge is 0.456 e. The van der Waals surface area contributed by atoms with Crippen LogP contribution in [-0.2, 0) is 6.54 Å². The molecule has 3 aromatic rings. The second-order valence-corrected chi connectivity index (χ2v) is 6.33. The van der Waals surface area contributed by atoms with Crippen molar-refractivity contribution in [3.8, 4) is 11.3 Å². The summed E-state index contributed by atoms with van der Waals surface area (Å²) in [6, 6.07) is 14.6. The summed E-state index contributed by atoms with van der Waals surface area (Å²) in [4.78, 5) is 2.06. The Balaban J connectivity index is 1.52. The first kappa shape index (κ1) is 15.3. The zero-order valence-corrected chi connectivity index (χ0v) is 13.0. The molecule has 1 aliphatic heterocycles. The summed E-state index contributed by atoms with van der Waals surface area (Å²) in [5.41, 5.74) is 2.05. The van der Waals surface area contributed by atoms with Crippen molar-refractivity contribution in [3.05, 3.63) is 59.9 Å². The molecule has 0 aliphatic carbocycles. The molecule has 1 aromatic heterocycles. The summed E-state index contributed by atoms with van der Waals surface area (Å²) < 4.78 is 20.2. The first-order valence-electron chi connectivity index (χ1n) is 7.96. The Kier molecular flexibility index (Phi) is 3.84. The van der Waals surface area contributed by atoms with E-state index in [-0.39, 0.29) is 11.7 Å². The average molecular weight is 327 g/mol. The molecule has 0 amide bonds. The SMILES string of the molecule is OC(O)C1CN(Cc2ccc(-c3cc4ccccc4o3)c(F)c2)C1. The van der Waals surface area contributed by atoms with Gasteiger partial charge in [-0.1, -0.05) is 24.3 Å². The lowest BCUT2D eigenvalue weighted by atomic mass is 9.98. The van der Waals surface area contributed by atoms with Crippen LogP contribution in [0, 0.1) is 11.7 Å². The van der Waals surface area contributed by atoms with Gasteiger partial charge in [-0.05, 0) is 29.8 Å². The Hall–Kier alpha value is -2.21. The van der Waals surface area contributed by atoms with Gasteiger partial charge in [0.1, 0.15) is 17.2 Å². The van der Waals surface area contributed by atoms with Crippen molar-refractivity contribution >= 4 is 11.0 Å². The van der Waals surface area contributed by atoms with E-state index in [9.17, 15) is 4.39 Å². The minimum Gasteiger partial charge on any atom is -0.456 e. The molecule has 124 valence electrons. The van der Waals surface area contributed by atoms with Crippen LogP contribution in [0.25, 0.3) is 22.3 Å². The maximum atomic E-state index is 14.5. The molecular formula is C19H18FNO3. The Morgan fingerprint density at radius 2 is 1.92 bits per heavy atom. The third-order valence-electron chi connectivity index (χ3n) is 4.54. The van der Waals surface area contributed by atoms with Crippen LogP contribution in [0.3, 0.4) is 0 Å². The summed E-state index contributed by atoms with van der Waals surface area (Å²) in [6.45, 7) is 1.83. The number of halogens is 1. The minimum absolute atomic E-state index is 0.107. The molecule has 0 atom stereocenters. The third kappa shape index (κ3) is 2.82. The Labute approximate surface area is 138 Å². The van der Waals surface area contributed by atoms with E-state index in [0.717, 1.165) is 16.5 Å². The molecule has 0 spiro atoms. The minimum atomic E-state index is -1.27. The van der Waals surface area contributed by atoms with E-state index in [1.807, 2.05) is 36.4 Å². The van der Waals surface area contributed by atoms with Gasteiger partial charge in [0.2, 0.25) is 0 Å². The molecule has 1 aliphatic rings. The monoisotopic (exact) mass is 327 g/mol. The van der Waals surface area contributed by atoms with Crippen molar-refractivity contribution in [2.75, 3.05) is 13.1 Å². The predicted molar refractivity (Wildman–Crippen MR) is 88.6 cm³/mol. The number of aliphatic hydroxyl groups excluding tert-OH is 1. The lowest BCUT2D eigenvalue weighted by Crippen LogP contribution is -2.51. The molecule has 1 saturated heterocycles. The number of furan rings is 1. The van der Waals surface area contributed by atoms with Crippen molar-refractivity contribution in [2.24, 2.45) is 5.92 Å². The first-order chi connectivity index (χ1) is 11.6. The molecule has 24 heavy (non-hydrogen) atoms. The smallest absolute Gasteiger partial charge is 0.156 e. The van der Waals surface area contributed by atoms with Crippen LogP contribution in [0.4, 0.5) is 4.39 Å². The lowest BCUT2D eigenvalue weighted by Gasteiger charge is -2.40. The molecule has 0 bridgehead atoms. The van der Waals surface area contributed by atoms with E-state index < -0.39 is 6.29 Å². The van der Waals surface area contributed by atoms with Crippen LogP contribution in [0.2, 0.25) is 0 Å². The van der Waals surface area contributed by atoms with Gasteiger partial charge in [0, 0.05) is 30.9 Å². The summed E-state index contributed by atoms with van der Waals surface area (Å²) in [7, 11) is 0. The summed E-state index contributed by atoms with van der Waals surface area (Å²) in [6.07, 6.45) is -1.27. The maximum Gasteiger partial charge on any atom is 0.156 e. The average Bonchev–Trinajstić information content (AvgIpc) is 2.93. The summed E-state index contributed by atoms with van der Waals surface area (Å²) in [5, 5.41) is 19.1. The molecular weight excluding hydrogens is 309 g/mol. The van der Waals surface area contributed by atoms with Crippen LogP contribution in [0.15, 0.2) is 52.9 Å². The zero-order valence-electron chi connectivity index (χ0n) is 13.0. The Morgan fingerprint density at radius 3 is 2.62 bits per heavy atom. The van der Waals surface area contributed by atoms with E-state index in [4.69, 9.17) is 14.6 Å². The number of hydrogen-bond donors (Lipinski definition) is 2. The Morgan fingerprint density at radius 1 is 1.12 bits per heavy atom. The van der Waals surface area contributed by atoms with Gasteiger partial charge in [-0.3, -0.25) is 4.90 Å². The van der Waals surface area contributed by atoms with E-state index in [1.54, 1.807) is 6.07 Å². The molecule has 2 aromatic carbocycles. The van der Waals surface area contributed by atoms with E-state index in [0.29, 0.717) is 31.0 Å². The zero-order chi connectivity index (χ0) is 16.7. The normalized spacial score (nSPS) is 16.0. The number of benzene rings is 2. The van der Waals surface area contributed by atoms with Gasteiger partial charge in [0.25, 0.3) is 0 Å². The molecule has 4 nitrogen and oxygen atoms in total. The van der Waals surface area contributed by atoms with Gasteiger partial charge < -0.3 is 14.6 Å². The molecule has 5 heteroatoms. The van der Waals surface area contributed by atoms with Gasteiger partial charge in [-0.15, -0.1) is 0 Å². The van der Waals surface area contributed by atoms with Gasteiger partial charge in [0.05, 0.1) is 5.56 Å².